The number of hydrogen-bond acceptors (Lipinski definition) is 6. The quantitative estimate of drug-likeness (QED) is 0.478. The van der Waals surface area contributed by atoms with E-state index in [0.717, 1.165) is 27.7 Å². The first-order chi connectivity index (χ1) is 15.0. The molecule has 2 heterocycles. The lowest BCUT2D eigenvalue weighted by Gasteiger charge is -2.16. The van der Waals surface area contributed by atoms with Crippen LogP contribution in [0.25, 0.3) is 21.9 Å². The van der Waals surface area contributed by atoms with E-state index < -0.39 is 35.5 Å². The summed E-state index contributed by atoms with van der Waals surface area (Å²) in [6, 6.07) is 1.64. The van der Waals surface area contributed by atoms with Crippen molar-refractivity contribution in [1.29, 1.82) is 0 Å². The molecule has 1 aromatic carbocycles. The van der Waals surface area contributed by atoms with Gasteiger partial charge >= 0.3 is 11.6 Å². The van der Waals surface area contributed by atoms with Crippen molar-refractivity contribution in [3.05, 3.63) is 45.0 Å². The van der Waals surface area contributed by atoms with E-state index in [0.29, 0.717) is 16.7 Å². The number of aryl methyl sites for hydroxylation is 3. The number of benzene rings is 1. The van der Waals surface area contributed by atoms with Gasteiger partial charge in [-0.25, -0.2) is 4.79 Å². The highest BCUT2D eigenvalue weighted by Crippen LogP contribution is 2.31. The van der Waals surface area contributed by atoms with Gasteiger partial charge in [0.05, 0.1) is 0 Å². The van der Waals surface area contributed by atoms with Crippen LogP contribution in [0.3, 0.4) is 0 Å². The molecule has 2 aromatic heterocycles. The van der Waals surface area contributed by atoms with Gasteiger partial charge in [-0.2, -0.15) is 0 Å². The fraction of sp³-hybridized carbons (Fsp3) is 0.391. The molecular formula is C23H26N2O7. The summed E-state index contributed by atoms with van der Waals surface area (Å²) in [5.74, 6) is -1.42. The van der Waals surface area contributed by atoms with Crippen LogP contribution in [-0.2, 0) is 20.8 Å². The van der Waals surface area contributed by atoms with Crippen LogP contribution in [-0.4, -0.2) is 35.0 Å². The molecule has 0 aliphatic heterocycles. The van der Waals surface area contributed by atoms with E-state index in [-0.39, 0.29) is 12.8 Å². The first-order valence-electron chi connectivity index (χ1n) is 10.3. The van der Waals surface area contributed by atoms with Crippen molar-refractivity contribution in [2.45, 2.75) is 59.5 Å². The van der Waals surface area contributed by atoms with Crippen molar-refractivity contribution >= 4 is 39.7 Å². The number of carboxylic acid groups (broad SMARTS) is 1. The predicted octanol–water partition coefficient (Wildman–Crippen LogP) is 2.49. The molecule has 9 heteroatoms. The number of aliphatic carboxylic acids is 1. The average Bonchev–Trinajstić information content (AvgIpc) is 2.99. The second-order valence-electron chi connectivity index (χ2n) is 7.98. The van der Waals surface area contributed by atoms with Gasteiger partial charge in [-0.1, -0.05) is 0 Å². The Morgan fingerprint density at radius 2 is 1.56 bits per heavy atom. The summed E-state index contributed by atoms with van der Waals surface area (Å²) in [4.78, 5) is 47.7. The molecule has 170 valence electrons. The third-order valence-electron chi connectivity index (χ3n) is 5.68. The minimum absolute atomic E-state index is 0.0324. The summed E-state index contributed by atoms with van der Waals surface area (Å²) >= 11 is 0. The van der Waals surface area contributed by atoms with Gasteiger partial charge in [0, 0.05) is 28.8 Å². The predicted molar refractivity (Wildman–Crippen MR) is 118 cm³/mol. The molecule has 0 saturated carbocycles. The van der Waals surface area contributed by atoms with Crippen LogP contribution >= 0.6 is 0 Å². The van der Waals surface area contributed by atoms with E-state index in [1.807, 2.05) is 26.8 Å². The zero-order chi connectivity index (χ0) is 23.7. The highest BCUT2D eigenvalue weighted by atomic mass is 16.4. The van der Waals surface area contributed by atoms with Gasteiger partial charge in [-0.3, -0.25) is 14.4 Å². The van der Waals surface area contributed by atoms with E-state index in [1.54, 1.807) is 6.07 Å². The lowest BCUT2D eigenvalue weighted by Crippen LogP contribution is -2.49. The molecule has 2 amide bonds. The molecule has 0 unspecified atom stereocenters. The summed E-state index contributed by atoms with van der Waals surface area (Å²) in [5, 5.41) is 15.4. The van der Waals surface area contributed by atoms with Gasteiger partial charge in [0.2, 0.25) is 11.8 Å². The average molecular weight is 442 g/mol. The molecular weight excluding hydrogens is 416 g/mol. The van der Waals surface area contributed by atoms with E-state index in [9.17, 15) is 19.2 Å². The first kappa shape index (κ1) is 23.1. The zero-order valence-electron chi connectivity index (χ0n) is 18.6. The summed E-state index contributed by atoms with van der Waals surface area (Å²) in [6.07, 6.45) is 0.104. The van der Waals surface area contributed by atoms with Crippen molar-refractivity contribution in [1.82, 2.24) is 10.6 Å². The highest BCUT2D eigenvalue weighted by Gasteiger charge is 2.21. The van der Waals surface area contributed by atoms with Crippen LogP contribution in [0.4, 0.5) is 0 Å². The SMILES string of the molecule is Cc1oc2cc3oc(=O)c(CCC(=O)N[C@@H](C)C(=O)N[C@@H](C)C(=O)O)c(C)c3cc2c1C. The number of furan rings is 1. The van der Waals surface area contributed by atoms with E-state index >= 15 is 0 Å². The molecule has 0 fully saturated rings. The molecule has 0 aliphatic rings. The fourth-order valence-electron chi connectivity index (χ4n) is 3.53. The van der Waals surface area contributed by atoms with E-state index in [1.165, 1.54) is 13.8 Å². The van der Waals surface area contributed by atoms with Crippen LogP contribution in [0.2, 0.25) is 0 Å². The maximum absolute atomic E-state index is 12.5. The number of carboxylic acids is 1. The molecule has 9 nitrogen and oxygen atoms in total. The summed E-state index contributed by atoms with van der Waals surface area (Å²) in [6.45, 7) is 8.43. The Kier molecular flexibility index (Phi) is 6.38. The summed E-state index contributed by atoms with van der Waals surface area (Å²) < 4.78 is 11.2. The number of fused-ring (bicyclic) bond motifs is 2. The zero-order valence-corrected chi connectivity index (χ0v) is 18.6. The summed E-state index contributed by atoms with van der Waals surface area (Å²) in [5.41, 5.74) is 2.67. The molecule has 0 spiro atoms. The van der Waals surface area contributed by atoms with E-state index in [4.69, 9.17) is 13.9 Å². The highest BCUT2D eigenvalue weighted by molar-refractivity contribution is 5.97. The molecule has 0 aliphatic carbocycles. The number of nitrogens with one attached hydrogen (secondary N) is 2. The van der Waals surface area contributed by atoms with Gasteiger partial charge in [-0.15, -0.1) is 0 Å². The van der Waals surface area contributed by atoms with Crippen LogP contribution in [0.15, 0.2) is 25.8 Å². The monoisotopic (exact) mass is 442 g/mol. The second kappa shape index (κ2) is 8.86. The first-order valence-corrected chi connectivity index (χ1v) is 10.3. The smallest absolute Gasteiger partial charge is 0.339 e. The molecule has 3 N–H and O–H groups in total. The Bertz CT molecular complexity index is 1290. The molecule has 32 heavy (non-hydrogen) atoms. The largest absolute Gasteiger partial charge is 0.480 e. The molecule has 0 saturated heterocycles. The maximum atomic E-state index is 12.5. The second-order valence-corrected chi connectivity index (χ2v) is 7.98. The molecule has 3 rings (SSSR count). The van der Waals surface area contributed by atoms with Crippen LogP contribution in [0.5, 0.6) is 0 Å². The van der Waals surface area contributed by atoms with Crippen molar-refractivity contribution < 1.29 is 28.3 Å². The molecule has 0 bridgehead atoms. The Morgan fingerprint density at radius 1 is 0.938 bits per heavy atom. The Labute approximate surface area is 183 Å². The van der Waals surface area contributed by atoms with Crippen molar-refractivity contribution in [3.63, 3.8) is 0 Å². The fourth-order valence-corrected chi connectivity index (χ4v) is 3.53. The minimum atomic E-state index is -1.17. The number of carbonyl (C=O) groups is 3. The van der Waals surface area contributed by atoms with Crippen LogP contribution < -0.4 is 16.3 Å². The minimum Gasteiger partial charge on any atom is -0.480 e. The normalized spacial score (nSPS) is 13.2. The van der Waals surface area contributed by atoms with Gasteiger partial charge in [0.15, 0.2) is 0 Å². The van der Waals surface area contributed by atoms with Crippen LogP contribution in [0, 0.1) is 20.8 Å². The Balaban J connectivity index is 1.75. The third kappa shape index (κ3) is 4.51. The molecule has 3 aromatic rings. The van der Waals surface area contributed by atoms with Crippen molar-refractivity contribution in [3.8, 4) is 0 Å². The van der Waals surface area contributed by atoms with Crippen molar-refractivity contribution in [2.24, 2.45) is 0 Å². The summed E-state index contributed by atoms with van der Waals surface area (Å²) in [7, 11) is 0. The maximum Gasteiger partial charge on any atom is 0.339 e. The number of amides is 2. The molecule has 2 atom stereocenters. The van der Waals surface area contributed by atoms with Crippen molar-refractivity contribution in [2.75, 3.05) is 0 Å². The van der Waals surface area contributed by atoms with E-state index in [2.05, 4.69) is 10.6 Å². The van der Waals surface area contributed by atoms with Gasteiger partial charge in [0.1, 0.15) is 29.0 Å². The Hall–Kier alpha value is -3.62. The lowest BCUT2D eigenvalue weighted by atomic mass is 10.0. The van der Waals surface area contributed by atoms with Crippen LogP contribution in [0.1, 0.15) is 42.7 Å². The topological polar surface area (TPSA) is 139 Å². The Morgan fingerprint density at radius 3 is 2.22 bits per heavy atom. The lowest BCUT2D eigenvalue weighted by molar-refractivity contribution is -0.141. The number of hydrogen-bond donors (Lipinski definition) is 3. The van der Waals surface area contributed by atoms with Gasteiger partial charge < -0.3 is 24.6 Å². The standard InChI is InChI=1S/C23H26N2O7/c1-10-14(5)31-18-9-19-17(8-16(10)18)11(2)15(23(30)32-19)6-7-20(26)24-12(3)21(27)25-13(4)22(28)29/h8-9,12-13H,6-7H2,1-5H3,(H,24,26)(H,25,27)(H,28,29)/t12-,13-/m0/s1. The number of carbonyl (C=O) groups excluding carboxylic acids is 2. The van der Waals surface area contributed by atoms with Gasteiger partial charge in [-0.05, 0) is 58.2 Å². The van der Waals surface area contributed by atoms with Gasteiger partial charge in [0.25, 0.3) is 0 Å². The number of rotatable bonds is 7. The molecule has 0 radical (unpaired) electrons. The third-order valence-corrected chi connectivity index (χ3v) is 5.68.